The Kier molecular flexibility index (Phi) is 4.58. The Morgan fingerprint density at radius 3 is 2.67 bits per heavy atom. The minimum absolute atomic E-state index is 0.531. The van der Waals surface area contributed by atoms with Gasteiger partial charge >= 0.3 is 0 Å². The lowest BCUT2D eigenvalue weighted by Gasteiger charge is -2.29. The Balaban J connectivity index is 2.20. The first-order valence-corrected chi connectivity index (χ1v) is 4.58. The van der Waals surface area contributed by atoms with Gasteiger partial charge in [-0.2, -0.15) is 0 Å². The molecule has 0 bridgehead atoms. The molecular weight excluding hydrogens is 154 g/mol. The van der Waals surface area contributed by atoms with Crippen LogP contribution in [0.2, 0.25) is 0 Å². The van der Waals surface area contributed by atoms with E-state index in [0.717, 1.165) is 25.7 Å². The van der Waals surface area contributed by atoms with Gasteiger partial charge in [0.25, 0.3) is 0 Å². The Morgan fingerprint density at radius 1 is 1.25 bits per heavy atom. The molecule has 0 aromatic rings. The Bertz CT molecular complexity index is 103. The predicted octanol–water partition coefficient (Wildman–Crippen LogP) is 0.647. The highest BCUT2D eigenvalue weighted by atomic mass is 16.5. The summed E-state index contributed by atoms with van der Waals surface area (Å²) in [7, 11) is 3.52. The van der Waals surface area contributed by atoms with Crippen molar-refractivity contribution < 1.29 is 9.47 Å². The van der Waals surface area contributed by atoms with E-state index in [4.69, 9.17) is 9.47 Å². The molecule has 0 amide bonds. The third kappa shape index (κ3) is 3.09. The van der Waals surface area contributed by atoms with Gasteiger partial charge < -0.3 is 14.8 Å². The van der Waals surface area contributed by atoms with Crippen LogP contribution >= 0.6 is 0 Å². The van der Waals surface area contributed by atoms with Crippen LogP contribution in [0.4, 0.5) is 0 Å². The SMILES string of the molecule is COCC1CCNC(COC)C1. The first kappa shape index (κ1) is 9.96. The highest BCUT2D eigenvalue weighted by Crippen LogP contribution is 2.16. The third-order valence-electron chi connectivity index (χ3n) is 2.37. The molecule has 2 unspecified atom stereocenters. The number of nitrogens with one attached hydrogen (secondary N) is 1. The number of rotatable bonds is 4. The summed E-state index contributed by atoms with van der Waals surface area (Å²) < 4.78 is 10.2. The van der Waals surface area contributed by atoms with Gasteiger partial charge in [-0.3, -0.25) is 0 Å². The maximum atomic E-state index is 5.14. The largest absolute Gasteiger partial charge is 0.384 e. The molecule has 0 aromatic carbocycles. The lowest BCUT2D eigenvalue weighted by molar-refractivity contribution is 0.0956. The maximum absolute atomic E-state index is 5.14. The zero-order valence-corrected chi connectivity index (χ0v) is 8.01. The van der Waals surface area contributed by atoms with Crippen molar-refractivity contribution in [3.63, 3.8) is 0 Å². The minimum atomic E-state index is 0.531. The summed E-state index contributed by atoms with van der Waals surface area (Å²) in [4.78, 5) is 0. The summed E-state index contributed by atoms with van der Waals surface area (Å²) in [5, 5.41) is 3.43. The van der Waals surface area contributed by atoms with Crippen LogP contribution in [0.25, 0.3) is 0 Å². The average molecular weight is 173 g/mol. The van der Waals surface area contributed by atoms with Crippen molar-refractivity contribution in [2.24, 2.45) is 5.92 Å². The molecule has 3 nitrogen and oxygen atoms in total. The second-order valence-corrected chi connectivity index (χ2v) is 3.45. The molecule has 1 rings (SSSR count). The van der Waals surface area contributed by atoms with E-state index in [2.05, 4.69) is 5.32 Å². The van der Waals surface area contributed by atoms with Crippen LogP contribution in [0.3, 0.4) is 0 Å². The summed E-state index contributed by atoms with van der Waals surface area (Å²) in [5.74, 6) is 0.719. The van der Waals surface area contributed by atoms with Crippen molar-refractivity contribution in [2.75, 3.05) is 34.0 Å². The van der Waals surface area contributed by atoms with Crippen LogP contribution in [0.5, 0.6) is 0 Å². The number of methoxy groups -OCH3 is 2. The van der Waals surface area contributed by atoms with E-state index < -0.39 is 0 Å². The zero-order chi connectivity index (χ0) is 8.81. The summed E-state index contributed by atoms with van der Waals surface area (Å²) in [5.41, 5.74) is 0. The molecule has 1 saturated heterocycles. The van der Waals surface area contributed by atoms with Crippen molar-refractivity contribution in [3.8, 4) is 0 Å². The van der Waals surface area contributed by atoms with Crippen molar-refractivity contribution >= 4 is 0 Å². The van der Waals surface area contributed by atoms with E-state index in [1.54, 1.807) is 14.2 Å². The van der Waals surface area contributed by atoms with Gasteiger partial charge in [0.2, 0.25) is 0 Å². The molecule has 3 heteroatoms. The number of hydrogen-bond acceptors (Lipinski definition) is 3. The van der Waals surface area contributed by atoms with Crippen LogP contribution < -0.4 is 5.32 Å². The summed E-state index contributed by atoms with van der Waals surface area (Å²) in [6, 6.07) is 0.531. The Hall–Kier alpha value is -0.120. The van der Waals surface area contributed by atoms with Crippen LogP contribution in [0.1, 0.15) is 12.8 Å². The van der Waals surface area contributed by atoms with Gasteiger partial charge in [0, 0.05) is 26.9 Å². The molecule has 12 heavy (non-hydrogen) atoms. The molecule has 1 N–H and O–H groups in total. The van der Waals surface area contributed by atoms with Crippen molar-refractivity contribution in [1.82, 2.24) is 5.32 Å². The van der Waals surface area contributed by atoms with Crippen LogP contribution in [0.15, 0.2) is 0 Å². The van der Waals surface area contributed by atoms with Crippen molar-refractivity contribution in [2.45, 2.75) is 18.9 Å². The van der Waals surface area contributed by atoms with E-state index in [1.165, 1.54) is 12.8 Å². The van der Waals surface area contributed by atoms with Crippen LogP contribution in [-0.2, 0) is 9.47 Å². The molecule has 0 aromatic heterocycles. The van der Waals surface area contributed by atoms with Gasteiger partial charge in [-0.15, -0.1) is 0 Å². The quantitative estimate of drug-likeness (QED) is 0.677. The molecule has 2 atom stereocenters. The van der Waals surface area contributed by atoms with E-state index in [1.807, 2.05) is 0 Å². The maximum Gasteiger partial charge on any atom is 0.0615 e. The molecule has 0 radical (unpaired) electrons. The van der Waals surface area contributed by atoms with E-state index in [9.17, 15) is 0 Å². The number of piperidine rings is 1. The van der Waals surface area contributed by atoms with E-state index >= 15 is 0 Å². The molecule has 72 valence electrons. The van der Waals surface area contributed by atoms with Gasteiger partial charge in [0.1, 0.15) is 0 Å². The van der Waals surface area contributed by atoms with Gasteiger partial charge in [-0.05, 0) is 25.3 Å². The summed E-state index contributed by atoms with van der Waals surface area (Å²) in [6.07, 6.45) is 2.41. The average Bonchev–Trinajstić information content (AvgIpc) is 2.06. The fraction of sp³-hybridized carbons (Fsp3) is 1.00. The molecule has 1 aliphatic rings. The molecule has 0 spiro atoms. The fourth-order valence-corrected chi connectivity index (χ4v) is 1.81. The second-order valence-electron chi connectivity index (χ2n) is 3.45. The predicted molar refractivity (Wildman–Crippen MR) is 48.3 cm³/mol. The van der Waals surface area contributed by atoms with Gasteiger partial charge in [0.05, 0.1) is 6.61 Å². The molecule has 0 aliphatic carbocycles. The topological polar surface area (TPSA) is 30.5 Å². The lowest BCUT2D eigenvalue weighted by Crippen LogP contribution is -2.41. The van der Waals surface area contributed by atoms with E-state index in [0.29, 0.717) is 6.04 Å². The standard InChI is InChI=1S/C9H19NO2/c1-11-6-8-3-4-10-9(5-8)7-12-2/h8-10H,3-7H2,1-2H3. The molecule has 1 heterocycles. The Labute approximate surface area is 74.4 Å². The highest BCUT2D eigenvalue weighted by Gasteiger charge is 2.20. The summed E-state index contributed by atoms with van der Waals surface area (Å²) in [6.45, 7) is 2.81. The van der Waals surface area contributed by atoms with Crippen molar-refractivity contribution in [1.29, 1.82) is 0 Å². The molecule has 0 saturated carbocycles. The smallest absolute Gasteiger partial charge is 0.0615 e. The second kappa shape index (κ2) is 5.51. The monoisotopic (exact) mass is 173 g/mol. The first-order chi connectivity index (χ1) is 5.86. The van der Waals surface area contributed by atoms with Gasteiger partial charge in [-0.1, -0.05) is 0 Å². The summed E-state index contributed by atoms with van der Waals surface area (Å²) >= 11 is 0. The normalized spacial score (nSPS) is 30.5. The number of ether oxygens (including phenoxy) is 2. The first-order valence-electron chi connectivity index (χ1n) is 4.58. The number of hydrogen-bond donors (Lipinski definition) is 1. The fourth-order valence-electron chi connectivity index (χ4n) is 1.81. The van der Waals surface area contributed by atoms with Gasteiger partial charge in [0.15, 0.2) is 0 Å². The minimum Gasteiger partial charge on any atom is -0.384 e. The molecule has 1 aliphatic heterocycles. The zero-order valence-electron chi connectivity index (χ0n) is 8.01. The van der Waals surface area contributed by atoms with E-state index in [-0.39, 0.29) is 0 Å². The van der Waals surface area contributed by atoms with Crippen LogP contribution in [-0.4, -0.2) is 40.0 Å². The van der Waals surface area contributed by atoms with Gasteiger partial charge in [-0.25, -0.2) is 0 Å². The molecular formula is C9H19NO2. The molecule has 1 fully saturated rings. The highest BCUT2D eigenvalue weighted by molar-refractivity contribution is 4.77. The van der Waals surface area contributed by atoms with Crippen LogP contribution in [0, 0.1) is 5.92 Å². The Morgan fingerprint density at radius 2 is 2.00 bits per heavy atom. The van der Waals surface area contributed by atoms with Crippen molar-refractivity contribution in [3.05, 3.63) is 0 Å². The third-order valence-corrected chi connectivity index (χ3v) is 2.37. The lowest BCUT2D eigenvalue weighted by atomic mass is 9.94.